The summed E-state index contributed by atoms with van der Waals surface area (Å²) in [6.45, 7) is 9.00. The average Bonchev–Trinajstić information content (AvgIpc) is 2.32. The van der Waals surface area contributed by atoms with E-state index in [1.807, 2.05) is 7.11 Å². The molecule has 0 bridgehead atoms. The molecule has 0 N–H and O–H groups in total. The normalized spacial score (nSPS) is 15.0. The molecule has 2 heteroatoms. The van der Waals surface area contributed by atoms with Gasteiger partial charge in [-0.25, -0.2) is 0 Å². The average molecular weight is 286 g/mol. The lowest BCUT2D eigenvalue weighted by atomic mass is 9.76. The number of nitrogens with zero attached hydrogens (tertiary/aromatic N) is 1. The molecule has 1 unspecified atom stereocenters. The molecule has 0 saturated carbocycles. The standard InChI is InChI=1S/C18H39NO/c1-7-8-9-10-11-12-13-18(16-20-6,14-17(2)3)15-19(4)5/h17H,7-16H2,1-6H3. The van der Waals surface area contributed by atoms with Crippen LogP contribution in [0.2, 0.25) is 0 Å². The van der Waals surface area contributed by atoms with Crippen LogP contribution >= 0.6 is 0 Å². The highest BCUT2D eigenvalue weighted by Gasteiger charge is 2.31. The molecular formula is C18H39NO. The molecule has 2 nitrogen and oxygen atoms in total. The maximum absolute atomic E-state index is 5.58. The van der Waals surface area contributed by atoms with Gasteiger partial charge in [-0.1, -0.05) is 59.3 Å². The van der Waals surface area contributed by atoms with Gasteiger partial charge in [0.2, 0.25) is 0 Å². The van der Waals surface area contributed by atoms with Gasteiger partial charge in [0.1, 0.15) is 0 Å². The molecule has 0 spiro atoms. The highest BCUT2D eigenvalue weighted by molar-refractivity contribution is 4.83. The molecule has 1 atom stereocenters. The van der Waals surface area contributed by atoms with Gasteiger partial charge in [0.05, 0.1) is 6.61 Å². The Morgan fingerprint density at radius 3 is 2.10 bits per heavy atom. The van der Waals surface area contributed by atoms with E-state index in [0.717, 1.165) is 19.1 Å². The topological polar surface area (TPSA) is 12.5 Å². The number of ether oxygens (including phenoxy) is 1. The number of hydrogen-bond acceptors (Lipinski definition) is 2. The van der Waals surface area contributed by atoms with Crippen molar-refractivity contribution in [1.82, 2.24) is 4.90 Å². The third-order valence-electron chi connectivity index (χ3n) is 4.00. The van der Waals surface area contributed by atoms with Crippen LogP contribution in [-0.2, 0) is 4.74 Å². The summed E-state index contributed by atoms with van der Waals surface area (Å²) >= 11 is 0. The van der Waals surface area contributed by atoms with Crippen LogP contribution < -0.4 is 0 Å². The molecule has 0 fully saturated rings. The van der Waals surface area contributed by atoms with E-state index in [0.29, 0.717) is 5.41 Å². The van der Waals surface area contributed by atoms with Gasteiger partial charge in [0.25, 0.3) is 0 Å². The highest BCUT2D eigenvalue weighted by Crippen LogP contribution is 2.34. The lowest BCUT2D eigenvalue weighted by molar-refractivity contribution is 0.0324. The van der Waals surface area contributed by atoms with Crippen LogP contribution in [0.25, 0.3) is 0 Å². The van der Waals surface area contributed by atoms with E-state index in [4.69, 9.17) is 4.74 Å². The number of methoxy groups -OCH3 is 1. The summed E-state index contributed by atoms with van der Waals surface area (Å²) in [7, 11) is 6.23. The first-order chi connectivity index (χ1) is 9.45. The minimum atomic E-state index is 0.344. The van der Waals surface area contributed by atoms with E-state index in [1.165, 1.54) is 51.4 Å². The molecule has 0 aromatic heterocycles. The van der Waals surface area contributed by atoms with Gasteiger partial charge in [-0.3, -0.25) is 0 Å². The zero-order chi connectivity index (χ0) is 15.4. The van der Waals surface area contributed by atoms with Crippen LogP contribution in [0.15, 0.2) is 0 Å². The second-order valence-electron chi connectivity index (χ2n) is 7.29. The Hall–Kier alpha value is -0.0800. The summed E-state index contributed by atoms with van der Waals surface area (Å²) < 4.78 is 5.58. The van der Waals surface area contributed by atoms with Crippen molar-refractivity contribution >= 4 is 0 Å². The van der Waals surface area contributed by atoms with Crippen LogP contribution in [0, 0.1) is 11.3 Å². The zero-order valence-electron chi connectivity index (χ0n) is 15.0. The van der Waals surface area contributed by atoms with Crippen LogP contribution in [0.1, 0.15) is 72.1 Å². The summed E-state index contributed by atoms with van der Waals surface area (Å²) in [6.07, 6.45) is 10.9. The minimum absolute atomic E-state index is 0.344. The van der Waals surface area contributed by atoms with Gasteiger partial charge in [0, 0.05) is 19.1 Å². The van der Waals surface area contributed by atoms with Crippen molar-refractivity contribution in [2.45, 2.75) is 72.1 Å². The van der Waals surface area contributed by atoms with Crippen LogP contribution in [0.3, 0.4) is 0 Å². The fourth-order valence-electron chi connectivity index (χ4n) is 3.55. The SMILES string of the molecule is CCCCCCCCC(COC)(CC(C)C)CN(C)C. The van der Waals surface area contributed by atoms with E-state index in [2.05, 4.69) is 39.8 Å². The Labute approximate surface area is 128 Å². The van der Waals surface area contributed by atoms with E-state index in [9.17, 15) is 0 Å². The first-order valence-electron chi connectivity index (χ1n) is 8.59. The largest absolute Gasteiger partial charge is 0.384 e. The van der Waals surface area contributed by atoms with Crippen molar-refractivity contribution in [1.29, 1.82) is 0 Å². The molecule has 0 amide bonds. The summed E-state index contributed by atoms with van der Waals surface area (Å²) in [6, 6.07) is 0. The first-order valence-corrected chi connectivity index (χ1v) is 8.59. The Morgan fingerprint density at radius 2 is 1.60 bits per heavy atom. The smallest absolute Gasteiger partial charge is 0.0531 e. The lowest BCUT2D eigenvalue weighted by Gasteiger charge is -2.37. The van der Waals surface area contributed by atoms with Crippen LogP contribution in [0.4, 0.5) is 0 Å². The molecule has 0 radical (unpaired) electrons. The van der Waals surface area contributed by atoms with Gasteiger partial charge in [0.15, 0.2) is 0 Å². The Balaban J connectivity index is 4.33. The van der Waals surface area contributed by atoms with Crippen LogP contribution in [0.5, 0.6) is 0 Å². The minimum Gasteiger partial charge on any atom is -0.384 e. The first kappa shape index (κ1) is 19.9. The molecular weight excluding hydrogens is 246 g/mol. The third kappa shape index (κ3) is 9.77. The molecule has 0 heterocycles. The van der Waals surface area contributed by atoms with E-state index in [-0.39, 0.29) is 0 Å². The number of rotatable bonds is 13. The number of hydrogen-bond donors (Lipinski definition) is 0. The van der Waals surface area contributed by atoms with E-state index in [1.54, 1.807) is 0 Å². The van der Waals surface area contributed by atoms with Crippen molar-refractivity contribution in [3.05, 3.63) is 0 Å². The molecule has 122 valence electrons. The summed E-state index contributed by atoms with van der Waals surface area (Å²) in [5.74, 6) is 0.741. The molecule has 0 rings (SSSR count). The van der Waals surface area contributed by atoms with Gasteiger partial charge < -0.3 is 9.64 Å². The fraction of sp³-hybridized carbons (Fsp3) is 1.00. The second-order valence-corrected chi connectivity index (χ2v) is 7.29. The molecule has 0 aliphatic carbocycles. The van der Waals surface area contributed by atoms with E-state index < -0.39 is 0 Å². The van der Waals surface area contributed by atoms with E-state index >= 15 is 0 Å². The number of unbranched alkanes of at least 4 members (excludes halogenated alkanes) is 5. The second kappa shape index (κ2) is 11.6. The van der Waals surface area contributed by atoms with Crippen molar-refractivity contribution in [2.75, 3.05) is 34.4 Å². The molecule has 0 aliphatic heterocycles. The predicted octanol–water partition coefficient (Wildman–Crippen LogP) is 4.98. The molecule has 0 aromatic rings. The zero-order valence-corrected chi connectivity index (χ0v) is 15.0. The third-order valence-corrected chi connectivity index (χ3v) is 4.00. The maximum Gasteiger partial charge on any atom is 0.0531 e. The predicted molar refractivity (Wildman–Crippen MR) is 90.3 cm³/mol. The summed E-state index contributed by atoms with van der Waals surface area (Å²) in [5, 5.41) is 0. The quantitative estimate of drug-likeness (QED) is 0.443. The summed E-state index contributed by atoms with van der Waals surface area (Å²) in [5.41, 5.74) is 0.344. The molecule has 0 saturated heterocycles. The molecule has 0 aromatic carbocycles. The van der Waals surface area contributed by atoms with Gasteiger partial charge in [-0.15, -0.1) is 0 Å². The van der Waals surface area contributed by atoms with Gasteiger partial charge in [-0.05, 0) is 32.9 Å². The van der Waals surface area contributed by atoms with Crippen molar-refractivity contribution in [2.24, 2.45) is 11.3 Å². The maximum atomic E-state index is 5.58. The molecule has 20 heavy (non-hydrogen) atoms. The van der Waals surface area contributed by atoms with Crippen LogP contribution in [-0.4, -0.2) is 39.3 Å². The van der Waals surface area contributed by atoms with Gasteiger partial charge in [-0.2, -0.15) is 0 Å². The Bertz CT molecular complexity index is 203. The lowest BCUT2D eigenvalue weighted by Crippen LogP contribution is -2.38. The Morgan fingerprint density at radius 1 is 1.00 bits per heavy atom. The summed E-state index contributed by atoms with van der Waals surface area (Å²) in [4.78, 5) is 2.33. The van der Waals surface area contributed by atoms with Gasteiger partial charge >= 0.3 is 0 Å². The fourth-order valence-corrected chi connectivity index (χ4v) is 3.55. The van der Waals surface area contributed by atoms with Crippen molar-refractivity contribution < 1.29 is 4.74 Å². The monoisotopic (exact) mass is 285 g/mol. The van der Waals surface area contributed by atoms with Crippen molar-refractivity contribution in [3.63, 3.8) is 0 Å². The highest BCUT2D eigenvalue weighted by atomic mass is 16.5. The van der Waals surface area contributed by atoms with Crippen molar-refractivity contribution in [3.8, 4) is 0 Å². The Kier molecular flexibility index (Phi) is 11.5. The molecule has 0 aliphatic rings.